The maximum Gasteiger partial charge on any atom is 0.482 e. The van der Waals surface area contributed by atoms with Crippen LogP contribution in [0.1, 0.15) is 67.2 Å². The number of amides is 1. The summed E-state index contributed by atoms with van der Waals surface area (Å²) in [6.45, 7) is 13.4. The minimum atomic E-state index is -0.479. The van der Waals surface area contributed by atoms with Crippen molar-refractivity contribution in [1.82, 2.24) is 4.90 Å². The van der Waals surface area contributed by atoms with Gasteiger partial charge in [0.25, 0.3) is 0 Å². The molecule has 2 heterocycles. The predicted octanol–water partition coefficient (Wildman–Crippen LogP) is 3.65. The van der Waals surface area contributed by atoms with Crippen LogP contribution in [-0.4, -0.2) is 47.9 Å². The molecule has 0 N–H and O–H groups in total. The molecule has 140 valence electrons. The third-order valence-corrected chi connectivity index (χ3v) is 7.21. The molecular formula is C19H32BNO4. The van der Waals surface area contributed by atoms with Gasteiger partial charge in [-0.25, -0.2) is 4.79 Å². The van der Waals surface area contributed by atoms with Crippen molar-refractivity contribution in [2.24, 2.45) is 17.3 Å². The molecule has 2 saturated heterocycles. The number of rotatable bonds is 1. The topological polar surface area (TPSA) is 48.0 Å². The molecule has 0 radical (unpaired) electrons. The van der Waals surface area contributed by atoms with Gasteiger partial charge in [-0.3, -0.25) is 0 Å². The van der Waals surface area contributed by atoms with Crippen molar-refractivity contribution in [3.8, 4) is 0 Å². The van der Waals surface area contributed by atoms with Gasteiger partial charge in [0.1, 0.15) is 5.60 Å². The predicted molar refractivity (Wildman–Crippen MR) is 96.1 cm³/mol. The highest BCUT2D eigenvalue weighted by atomic mass is 16.7. The number of hydrogen-bond donors (Lipinski definition) is 0. The minimum Gasteiger partial charge on any atom is -0.444 e. The van der Waals surface area contributed by atoms with Gasteiger partial charge in [0.05, 0.1) is 17.6 Å². The van der Waals surface area contributed by atoms with Crippen LogP contribution in [0.25, 0.3) is 0 Å². The summed E-state index contributed by atoms with van der Waals surface area (Å²) in [5.41, 5.74) is -0.359. The van der Waals surface area contributed by atoms with Gasteiger partial charge in [-0.05, 0) is 70.6 Å². The lowest BCUT2D eigenvalue weighted by Crippen LogP contribution is -2.65. The molecule has 0 aromatic carbocycles. The van der Waals surface area contributed by atoms with E-state index in [-0.39, 0.29) is 30.9 Å². The molecule has 3 saturated carbocycles. The summed E-state index contributed by atoms with van der Waals surface area (Å²) in [6.07, 6.45) is 4.14. The minimum absolute atomic E-state index is 0.0300. The SMILES string of the molecule is CC(C)(C)OC(=O)N1CCCC1B1O[C@@H]2C[C@@H]3C[C@@H](C3(C)C)[C@]2(C)O1. The Bertz CT molecular complexity index is 574. The number of nitrogens with zero attached hydrogens (tertiary/aromatic N) is 1. The van der Waals surface area contributed by atoms with Crippen molar-refractivity contribution in [3.05, 3.63) is 0 Å². The Balaban J connectivity index is 1.49. The van der Waals surface area contributed by atoms with E-state index < -0.39 is 5.60 Å². The van der Waals surface area contributed by atoms with Crippen LogP contribution in [0.5, 0.6) is 0 Å². The van der Waals surface area contributed by atoms with E-state index in [2.05, 4.69) is 20.8 Å². The summed E-state index contributed by atoms with van der Waals surface area (Å²) < 4.78 is 18.5. The standard InChI is InChI=1S/C19H32BNO4/c1-17(2,3)23-16(22)21-9-7-8-15(21)20-24-14-11-12-10-13(18(12,4)5)19(14,6)25-20/h12-15H,7-11H2,1-6H3/t12-,13-,14+,15?,19-/m0/s1. The molecule has 6 heteroatoms. The third-order valence-electron chi connectivity index (χ3n) is 7.21. The Hall–Kier alpha value is -0.745. The molecule has 25 heavy (non-hydrogen) atoms. The number of ether oxygens (including phenoxy) is 1. The second-order valence-corrected chi connectivity index (χ2v) is 10.2. The summed E-state index contributed by atoms with van der Waals surface area (Å²) in [4.78, 5) is 14.4. The lowest BCUT2D eigenvalue weighted by Gasteiger charge is -2.64. The van der Waals surface area contributed by atoms with Crippen LogP contribution in [0.3, 0.4) is 0 Å². The molecule has 2 bridgehead atoms. The third kappa shape index (κ3) is 2.63. The molecule has 5 aliphatic rings. The second-order valence-electron chi connectivity index (χ2n) is 10.2. The highest BCUT2D eigenvalue weighted by Gasteiger charge is 2.69. The van der Waals surface area contributed by atoms with Gasteiger partial charge in [-0.15, -0.1) is 0 Å². The number of carbonyl (C=O) groups is 1. The number of likely N-dealkylation sites (tertiary alicyclic amines) is 1. The normalized spacial score (nSPS) is 42.2. The van der Waals surface area contributed by atoms with Crippen molar-refractivity contribution in [1.29, 1.82) is 0 Å². The fraction of sp³-hybridized carbons (Fsp3) is 0.947. The van der Waals surface area contributed by atoms with Gasteiger partial charge in [0.15, 0.2) is 0 Å². The van der Waals surface area contributed by atoms with Gasteiger partial charge in [0, 0.05) is 6.54 Å². The highest BCUT2D eigenvalue weighted by Crippen LogP contribution is 2.65. The van der Waals surface area contributed by atoms with Crippen molar-refractivity contribution >= 4 is 13.2 Å². The van der Waals surface area contributed by atoms with Crippen LogP contribution < -0.4 is 0 Å². The molecule has 5 rings (SSSR count). The van der Waals surface area contributed by atoms with Crippen LogP contribution >= 0.6 is 0 Å². The highest BCUT2D eigenvalue weighted by molar-refractivity contribution is 6.47. The van der Waals surface area contributed by atoms with Crippen LogP contribution in [-0.2, 0) is 14.0 Å². The Labute approximate surface area is 151 Å². The molecule has 1 amide bonds. The fourth-order valence-corrected chi connectivity index (χ4v) is 5.69. The molecule has 5 nitrogen and oxygen atoms in total. The zero-order valence-corrected chi connectivity index (χ0v) is 16.5. The average Bonchev–Trinajstić information content (AvgIpc) is 3.07. The van der Waals surface area contributed by atoms with Crippen molar-refractivity contribution < 1.29 is 18.8 Å². The van der Waals surface area contributed by atoms with E-state index in [4.69, 9.17) is 14.0 Å². The van der Waals surface area contributed by atoms with Gasteiger partial charge in [0.2, 0.25) is 0 Å². The van der Waals surface area contributed by atoms with E-state index >= 15 is 0 Å². The molecule has 1 unspecified atom stereocenters. The Morgan fingerprint density at radius 2 is 1.96 bits per heavy atom. The summed E-state index contributed by atoms with van der Waals surface area (Å²) in [5, 5.41) is 0. The van der Waals surface area contributed by atoms with E-state index in [0.29, 0.717) is 11.3 Å². The van der Waals surface area contributed by atoms with Gasteiger partial charge in [-0.1, -0.05) is 13.8 Å². The van der Waals surface area contributed by atoms with Crippen molar-refractivity contribution in [2.75, 3.05) is 6.54 Å². The summed E-state index contributed by atoms with van der Waals surface area (Å²) in [6, 6.07) is 0. The molecular weight excluding hydrogens is 317 g/mol. The molecule has 5 fully saturated rings. The first-order chi connectivity index (χ1) is 11.5. The van der Waals surface area contributed by atoms with E-state index in [1.165, 1.54) is 6.42 Å². The van der Waals surface area contributed by atoms with Crippen LogP contribution in [0.2, 0.25) is 0 Å². The number of carbonyl (C=O) groups excluding carboxylic acids is 1. The summed E-state index contributed by atoms with van der Waals surface area (Å²) >= 11 is 0. The fourth-order valence-electron chi connectivity index (χ4n) is 5.69. The average molecular weight is 349 g/mol. The van der Waals surface area contributed by atoms with Crippen LogP contribution in [0.15, 0.2) is 0 Å². The van der Waals surface area contributed by atoms with E-state index in [0.717, 1.165) is 31.7 Å². The van der Waals surface area contributed by atoms with E-state index in [1.54, 1.807) is 0 Å². The quantitative estimate of drug-likeness (QED) is 0.678. The lowest BCUT2D eigenvalue weighted by molar-refractivity contribution is -0.199. The van der Waals surface area contributed by atoms with Gasteiger partial charge >= 0.3 is 13.2 Å². The molecule has 0 spiro atoms. The summed E-state index contributed by atoms with van der Waals surface area (Å²) in [7, 11) is -0.319. The van der Waals surface area contributed by atoms with Crippen molar-refractivity contribution in [2.45, 2.75) is 90.5 Å². The largest absolute Gasteiger partial charge is 0.482 e. The Kier molecular flexibility index (Phi) is 3.80. The molecule has 0 aromatic rings. The van der Waals surface area contributed by atoms with Crippen LogP contribution in [0.4, 0.5) is 4.79 Å². The maximum atomic E-state index is 12.6. The first-order valence-corrected chi connectivity index (χ1v) is 9.85. The smallest absolute Gasteiger partial charge is 0.444 e. The lowest BCUT2D eigenvalue weighted by atomic mass is 9.43. The maximum absolute atomic E-state index is 12.6. The van der Waals surface area contributed by atoms with Gasteiger partial charge in [-0.2, -0.15) is 0 Å². The first-order valence-electron chi connectivity index (χ1n) is 9.85. The van der Waals surface area contributed by atoms with E-state index in [1.807, 2.05) is 25.7 Å². The Morgan fingerprint density at radius 1 is 1.24 bits per heavy atom. The molecule has 0 aromatic heterocycles. The second kappa shape index (κ2) is 5.38. The molecule has 5 atom stereocenters. The monoisotopic (exact) mass is 349 g/mol. The summed E-state index contributed by atoms with van der Waals surface area (Å²) in [5.74, 6) is 1.26. The first kappa shape index (κ1) is 17.7. The zero-order valence-electron chi connectivity index (χ0n) is 16.5. The molecule has 2 aliphatic heterocycles. The molecule has 3 aliphatic carbocycles. The van der Waals surface area contributed by atoms with Crippen molar-refractivity contribution in [3.63, 3.8) is 0 Å². The number of hydrogen-bond acceptors (Lipinski definition) is 4. The van der Waals surface area contributed by atoms with Gasteiger partial charge < -0.3 is 18.9 Å². The van der Waals surface area contributed by atoms with E-state index in [9.17, 15) is 4.79 Å². The van der Waals surface area contributed by atoms with Crippen LogP contribution in [0, 0.1) is 17.3 Å². The Morgan fingerprint density at radius 3 is 2.60 bits per heavy atom. The zero-order chi connectivity index (χ0) is 18.2.